The molecule has 126 valence electrons. The number of rotatable bonds is 7. The molecule has 0 aliphatic carbocycles. The maximum atomic E-state index is 10.2. The van der Waals surface area contributed by atoms with Crippen molar-refractivity contribution >= 4 is 5.69 Å². The van der Waals surface area contributed by atoms with Crippen molar-refractivity contribution in [2.75, 3.05) is 19.5 Å². The van der Waals surface area contributed by atoms with Crippen molar-refractivity contribution in [2.45, 2.75) is 25.9 Å². The Hall–Kier alpha value is -2.24. The topological polar surface area (TPSA) is 95.9 Å². The lowest BCUT2D eigenvalue weighted by atomic mass is 9.92. The maximum absolute atomic E-state index is 10.2. The number of hydrogen-bond donors (Lipinski definition) is 4. The molecule has 0 amide bonds. The van der Waals surface area contributed by atoms with Gasteiger partial charge in [0.05, 0.1) is 25.5 Å². The minimum atomic E-state index is -0.724. The molecule has 0 saturated heterocycles. The van der Waals surface area contributed by atoms with Crippen molar-refractivity contribution in [2.24, 2.45) is 0 Å². The third-order valence-corrected chi connectivity index (χ3v) is 3.45. The summed E-state index contributed by atoms with van der Waals surface area (Å²) in [5.41, 5.74) is 7.53. The number of phenolic OH excluding ortho intramolecular Hbond substituents is 1. The van der Waals surface area contributed by atoms with Crippen LogP contribution in [0.15, 0.2) is 48.1 Å². The molecule has 0 aliphatic rings. The van der Waals surface area contributed by atoms with Crippen LogP contribution in [0.5, 0.6) is 11.5 Å². The van der Waals surface area contributed by atoms with E-state index < -0.39 is 12.0 Å². The average Bonchev–Trinajstić information content (AvgIpc) is 2.52. The van der Waals surface area contributed by atoms with Gasteiger partial charge >= 0.3 is 0 Å². The average molecular weight is 319 g/mol. The van der Waals surface area contributed by atoms with Gasteiger partial charge in [0.2, 0.25) is 0 Å². The number of benzene rings is 1. The van der Waals surface area contributed by atoms with Gasteiger partial charge in [0, 0.05) is 17.5 Å². The zero-order valence-electron chi connectivity index (χ0n) is 13.7. The summed E-state index contributed by atoms with van der Waals surface area (Å²) in [5, 5.41) is 29.4. The highest BCUT2D eigenvalue weighted by Gasteiger charge is 2.19. The molecule has 0 heterocycles. The number of nitrogen functional groups attached to an aromatic ring is 1. The highest BCUT2D eigenvalue weighted by atomic mass is 16.5. The summed E-state index contributed by atoms with van der Waals surface area (Å²) in [6, 6.07) is 3.03. The van der Waals surface area contributed by atoms with Crippen LogP contribution in [0.3, 0.4) is 0 Å². The van der Waals surface area contributed by atoms with E-state index in [1.807, 2.05) is 13.0 Å². The molecule has 0 fully saturated rings. The van der Waals surface area contributed by atoms with Crippen molar-refractivity contribution in [3.05, 3.63) is 53.6 Å². The van der Waals surface area contributed by atoms with Crippen LogP contribution in [0.1, 0.15) is 25.3 Å². The molecule has 1 aromatic carbocycles. The van der Waals surface area contributed by atoms with Crippen LogP contribution >= 0.6 is 0 Å². The first-order valence-corrected chi connectivity index (χ1v) is 7.39. The van der Waals surface area contributed by atoms with E-state index >= 15 is 0 Å². The van der Waals surface area contributed by atoms with Gasteiger partial charge in [0.15, 0.2) is 0 Å². The number of hydrogen-bond acceptors (Lipinski definition) is 5. The number of aromatic hydroxyl groups is 1. The smallest absolute Gasteiger partial charge is 0.145 e. The SMILES string of the molecule is C\C=C/C(=C/C=C/[C@@H](c1cc(N)c(OC)cc1O)[C@@H](C)O)CO. The lowest BCUT2D eigenvalue weighted by Crippen LogP contribution is -2.13. The molecule has 1 aromatic rings. The second-order valence-electron chi connectivity index (χ2n) is 5.20. The van der Waals surface area contributed by atoms with Crippen molar-refractivity contribution in [1.29, 1.82) is 0 Å². The number of methoxy groups -OCH3 is 1. The third-order valence-electron chi connectivity index (χ3n) is 3.45. The van der Waals surface area contributed by atoms with Crippen LogP contribution < -0.4 is 10.5 Å². The zero-order chi connectivity index (χ0) is 17.4. The molecular weight excluding hydrogens is 294 g/mol. The van der Waals surface area contributed by atoms with Crippen LogP contribution in [0.4, 0.5) is 5.69 Å². The third kappa shape index (κ3) is 5.16. The number of aliphatic hydroxyl groups excluding tert-OH is 2. The molecule has 0 spiro atoms. The Kier molecular flexibility index (Phi) is 7.38. The summed E-state index contributed by atoms with van der Waals surface area (Å²) < 4.78 is 5.06. The van der Waals surface area contributed by atoms with Gasteiger partial charge < -0.3 is 25.8 Å². The lowest BCUT2D eigenvalue weighted by Gasteiger charge is -2.19. The number of phenols is 1. The largest absolute Gasteiger partial charge is 0.508 e. The van der Waals surface area contributed by atoms with E-state index in [1.165, 1.54) is 13.2 Å². The Morgan fingerprint density at radius 1 is 1.39 bits per heavy atom. The highest BCUT2D eigenvalue weighted by Crippen LogP contribution is 2.36. The van der Waals surface area contributed by atoms with Crippen molar-refractivity contribution in [3.8, 4) is 11.5 Å². The maximum Gasteiger partial charge on any atom is 0.145 e. The standard InChI is InChI=1S/C18H25NO4/c1-4-6-13(11-20)7-5-8-14(12(2)21)15-9-16(19)18(23-3)10-17(15)22/h4-10,12,14,20-22H,11,19H2,1-3H3/b6-4-,8-5+,13-7-/t12-,14-/m1/s1. The van der Waals surface area contributed by atoms with E-state index in [2.05, 4.69) is 0 Å². The summed E-state index contributed by atoms with van der Waals surface area (Å²) in [6.45, 7) is 3.43. The Labute approximate surface area is 137 Å². The molecular formula is C18H25NO4. The monoisotopic (exact) mass is 319 g/mol. The summed E-state index contributed by atoms with van der Waals surface area (Å²) in [7, 11) is 1.47. The van der Waals surface area contributed by atoms with Gasteiger partial charge in [0.1, 0.15) is 11.5 Å². The molecule has 5 N–H and O–H groups in total. The van der Waals surface area contributed by atoms with E-state index in [1.54, 1.807) is 37.3 Å². The normalized spacial score (nSPS) is 15.3. The van der Waals surface area contributed by atoms with Gasteiger partial charge in [-0.1, -0.05) is 30.4 Å². The van der Waals surface area contributed by atoms with Crippen LogP contribution in [0.25, 0.3) is 0 Å². The first-order chi connectivity index (χ1) is 10.9. The first-order valence-electron chi connectivity index (χ1n) is 7.39. The fraction of sp³-hybridized carbons (Fsp3) is 0.333. The molecule has 2 atom stereocenters. The van der Waals surface area contributed by atoms with E-state index in [0.29, 0.717) is 17.0 Å². The van der Waals surface area contributed by atoms with E-state index in [4.69, 9.17) is 10.5 Å². The predicted molar refractivity (Wildman–Crippen MR) is 92.6 cm³/mol. The first kappa shape index (κ1) is 18.8. The van der Waals surface area contributed by atoms with Crippen molar-refractivity contribution in [3.63, 3.8) is 0 Å². The Morgan fingerprint density at radius 2 is 2.09 bits per heavy atom. The number of aliphatic hydroxyl groups is 2. The number of anilines is 1. The predicted octanol–water partition coefficient (Wildman–Crippen LogP) is 2.50. The van der Waals surface area contributed by atoms with Gasteiger partial charge in [-0.05, 0) is 25.5 Å². The number of nitrogens with two attached hydrogens (primary N) is 1. The molecule has 0 aliphatic heterocycles. The lowest BCUT2D eigenvalue weighted by molar-refractivity contribution is 0.177. The van der Waals surface area contributed by atoms with Gasteiger partial charge in [-0.2, -0.15) is 0 Å². The summed E-state index contributed by atoms with van der Waals surface area (Å²) in [4.78, 5) is 0. The fourth-order valence-corrected chi connectivity index (χ4v) is 2.25. The van der Waals surface area contributed by atoms with Gasteiger partial charge in [-0.15, -0.1) is 0 Å². The number of ether oxygens (including phenoxy) is 1. The zero-order valence-corrected chi connectivity index (χ0v) is 13.7. The van der Waals surface area contributed by atoms with Gasteiger partial charge in [-0.3, -0.25) is 0 Å². The summed E-state index contributed by atoms with van der Waals surface area (Å²) in [5.74, 6) is -0.0495. The van der Waals surface area contributed by atoms with Gasteiger partial charge in [0.25, 0.3) is 0 Å². The molecule has 0 bridgehead atoms. The van der Waals surface area contributed by atoms with Crippen molar-refractivity contribution in [1.82, 2.24) is 0 Å². The molecule has 0 unspecified atom stereocenters. The summed E-state index contributed by atoms with van der Waals surface area (Å²) >= 11 is 0. The second kappa shape index (κ2) is 9.02. The van der Waals surface area contributed by atoms with Crippen LogP contribution in [0, 0.1) is 0 Å². The Bertz CT molecular complexity index is 603. The Morgan fingerprint density at radius 3 is 2.61 bits per heavy atom. The van der Waals surface area contributed by atoms with E-state index in [0.717, 1.165) is 5.57 Å². The molecule has 1 rings (SSSR count). The van der Waals surface area contributed by atoms with Gasteiger partial charge in [-0.25, -0.2) is 0 Å². The molecule has 23 heavy (non-hydrogen) atoms. The molecule has 0 saturated carbocycles. The van der Waals surface area contributed by atoms with Crippen LogP contribution in [0.2, 0.25) is 0 Å². The summed E-state index contributed by atoms with van der Waals surface area (Å²) in [6.07, 6.45) is 8.15. The quantitative estimate of drug-likeness (QED) is 0.352. The number of allylic oxidation sites excluding steroid dienone is 3. The second-order valence-corrected chi connectivity index (χ2v) is 5.20. The van der Waals surface area contributed by atoms with Crippen LogP contribution in [-0.4, -0.2) is 35.1 Å². The van der Waals surface area contributed by atoms with E-state index in [9.17, 15) is 15.3 Å². The van der Waals surface area contributed by atoms with Crippen LogP contribution in [-0.2, 0) is 0 Å². The van der Waals surface area contributed by atoms with Crippen molar-refractivity contribution < 1.29 is 20.1 Å². The molecule has 0 radical (unpaired) electrons. The highest BCUT2D eigenvalue weighted by molar-refractivity contribution is 5.60. The molecule has 0 aromatic heterocycles. The minimum absolute atomic E-state index is 0.00594. The molecule has 5 nitrogen and oxygen atoms in total. The van der Waals surface area contributed by atoms with E-state index in [-0.39, 0.29) is 12.4 Å². The Balaban J connectivity index is 3.16. The fourth-order valence-electron chi connectivity index (χ4n) is 2.25. The molecule has 5 heteroatoms. The minimum Gasteiger partial charge on any atom is -0.508 e.